The molecule has 1 aromatic heterocycles. The largest absolute Gasteiger partial charge is 0.462 e. The molecule has 0 saturated carbocycles. The second-order valence-corrected chi connectivity index (χ2v) is 8.08. The quantitative estimate of drug-likeness (QED) is 0.275. The van der Waals surface area contributed by atoms with Gasteiger partial charge in [-0.1, -0.05) is 0 Å². The van der Waals surface area contributed by atoms with Gasteiger partial charge in [-0.25, -0.2) is 9.59 Å². The Labute approximate surface area is 188 Å². The van der Waals surface area contributed by atoms with Crippen LogP contribution in [0.4, 0.5) is 10.7 Å². The zero-order chi connectivity index (χ0) is 23.1. The molecule has 0 radical (unpaired) electrons. The highest BCUT2D eigenvalue weighted by Gasteiger charge is 2.27. The van der Waals surface area contributed by atoms with Crippen LogP contribution in [0.15, 0.2) is 30.3 Å². The van der Waals surface area contributed by atoms with Crippen molar-refractivity contribution in [1.29, 1.82) is 0 Å². The van der Waals surface area contributed by atoms with Crippen molar-refractivity contribution < 1.29 is 28.8 Å². The van der Waals surface area contributed by atoms with Crippen molar-refractivity contribution in [2.24, 2.45) is 0 Å². The van der Waals surface area contributed by atoms with E-state index in [2.05, 4.69) is 5.32 Å². The van der Waals surface area contributed by atoms with Gasteiger partial charge in [-0.2, -0.15) is 0 Å². The molecule has 1 N–H and O–H groups in total. The Morgan fingerprint density at radius 2 is 1.88 bits per heavy atom. The van der Waals surface area contributed by atoms with Crippen LogP contribution in [-0.2, 0) is 31.9 Å². The molecular weight excluding hydrogens is 436 g/mol. The van der Waals surface area contributed by atoms with Gasteiger partial charge in [-0.3, -0.25) is 14.9 Å². The lowest BCUT2D eigenvalue weighted by atomic mass is 9.95. The van der Waals surface area contributed by atoms with Gasteiger partial charge >= 0.3 is 11.9 Å². The van der Waals surface area contributed by atoms with E-state index in [-0.39, 0.29) is 12.3 Å². The fourth-order valence-electron chi connectivity index (χ4n) is 3.29. The third-order valence-electron chi connectivity index (χ3n) is 4.77. The first-order chi connectivity index (χ1) is 15.4. The van der Waals surface area contributed by atoms with Crippen molar-refractivity contribution in [3.05, 3.63) is 62.0 Å². The van der Waals surface area contributed by atoms with E-state index in [0.717, 1.165) is 42.2 Å². The van der Waals surface area contributed by atoms with Gasteiger partial charge < -0.3 is 14.8 Å². The lowest BCUT2D eigenvalue weighted by Crippen LogP contribution is -2.21. The maximum absolute atomic E-state index is 12.4. The standard InChI is InChI=1S/C22H22N2O7S/c1-2-30-22(27)20-16-5-3-4-6-17(16)32-21(20)23-18(25)13-31-19(26)12-9-14-7-10-15(11-8-14)24(28)29/h7-12H,2-6,13H2,1H3,(H,23,25). The first-order valence-corrected chi connectivity index (χ1v) is 10.9. The number of nitrogens with zero attached hydrogens (tertiary/aromatic N) is 1. The number of nitro benzene ring substituents is 1. The van der Waals surface area contributed by atoms with Crippen LogP contribution in [0, 0.1) is 10.1 Å². The number of carbonyl (C=O) groups excluding carboxylic acids is 3. The topological polar surface area (TPSA) is 125 Å². The Kier molecular flexibility index (Phi) is 7.72. The fourth-order valence-corrected chi connectivity index (χ4v) is 4.59. The fraction of sp³-hybridized carbons (Fsp3) is 0.318. The number of hydrogen-bond acceptors (Lipinski definition) is 8. The van der Waals surface area contributed by atoms with Gasteiger partial charge in [-0.05, 0) is 61.9 Å². The van der Waals surface area contributed by atoms with E-state index in [1.807, 2.05) is 0 Å². The number of non-ortho nitro benzene ring substituents is 1. The SMILES string of the molecule is CCOC(=O)c1c(NC(=O)COC(=O)C=Cc2ccc([N+](=O)[O-])cc2)sc2c1CCCC2. The van der Waals surface area contributed by atoms with E-state index in [9.17, 15) is 24.5 Å². The Balaban J connectivity index is 1.58. The summed E-state index contributed by atoms with van der Waals surface area (Å²) in [6.45, 7) is 1.43. The van der Waals surface area contributed by atoms with Crippen LogP contribution in [0.2, 0.25) is 0 Å². The predicted octanol–water partition coefficient (Wildman–Crippen LogP) is 3.91. The van der Waals surface area contributed by atoms with E-state index in [1.165, 1.54) is 41.7 Å². The number of carbonyl (C=O) groups is 3. The number of benzene rings is 1. The zero-order valence-corrected chi connectivity index (χ0v) is 18.2. The molecule has 0 fully saturated rings. The van der Waals surface area contributed by atoms with Crippen molar-refractivity contribution in [2.75, 3.05) is 18.5 Å². The molecule has 0 spiro atoms. The van der Waals surface area contributed by atoms with Crippen LogP contribution >= 0.6 is 11.3 Å². The number of esters is 2. The van der Waals surface area contributed by atoms with E-state index < -0.39 is 29.4 Å². The Bertz CT molecular complexity index is 1060. The minimum atomic E-state index is -0.741. The highest BCUT2D eigenvalue weighted by molar-refractivity contribution is 7.17. The second-order valence-electron chi connectivity index (χ2n) is 6.97. The molecule has 3 rings (SSSR count). The molecule has 0 bridgehead atoms. The number of ether oxygens (including phenoxy) is 2. The van der Waals surface area contributed by atoms with Gasteiger partial charge in [0, 0.05) is 23.1 Å². The first kappa shape index (κ1) is 23.1. The van der Waals surface area contributed by atoms with Gasteiger partial charge in [0.25, 0.3) is 11.6 Å². The second kappa shape index (κ2) is 10.7. The van der Waals surface area contributed by atoms with Gasteiger partial charge in [-0.15, -0.1) is 11.3 Å². The van der Waals surface area contributed by atoms with E-state index >= 15 is 0 Å². The van der Waals surface area contributed by atoms with Crippen molar-refractivity contribution >= 4 is 45.9 Å². The molecule has 168 valence electrons. The maximum Gasteiger partial charge on any atom is 0.341 e. The number of amides is 1. The lowest BCUT2D eigenvalue weighted by Gasteiger charge is -2.12. The number of nitrogens with one attached hydrogen (secondary N) is 1. The van der Waals surface area contributed by atoms with Crippen LogP contribution < -0.4 is 5.32 Å². The number of fused-ring (bicyclic) bond motifs is 1. The minimum absolute atomic E-state index is 0.0566. The first-order valence-electron chi connectivity index (χ1n) is 10.1. The summed E-state index contributed by atoms with van der Waals surface area (Å²) in [5, 5.41) is 13.7. The lowest BCUT2D eigenvalue weighted by molar-refractivity contribution is -0.384. The Morgan fingerprint density at radius 1 is 1.16 bits per heavy atom. The molecule has 1 heterocycles. The normalized spacial score (nSPS) is 12.8. The summed E-state index contributed by atoms with van der Waals surface area (Å²) in [4.78, 5) is 47.8. The molecule has 0 atom stereocenters. The molecule has 1 aromatic carbocycles. The van der Waals surface area contributed by atoms with Crippen LogP contribution in [0.3, 0.4) is 0 Å². The Morgan fingerprint density at radius 3 is 2.56 bits per heavy atom. The molecule has 0 unspecified atom stereocenters. The van der Waals surface area contributed by atoms with E-state index in [1.54, 1.807) is 6.92 Å². The Hall–Kier alpha value is -3.53. The summed E-state index contributed by atoms with van der Waals surface area (Å²) in [5.74, 6) is -1.77. The summed E-state index contributed by atoms with van der Waals surface area (Å²) >= 11 is 1.35. The van der Waals surface area contributed by atoms with Crippen LogP contribution in [0.25, 0.3) is 6.08 Å². The summed E-state index contributed by atoms with van der Waals surface area (Å²) in [7, 11) is 0. The van der Waals surface area contributed by atoms with Crippen LogP contribution in [-0.4, -0.2) is 36.0 Å². The van der Waals surface area contributed by atoms with Crippen LogP contribution in [0.1, 0.15) is 46.1 Å². The van der Waals surface area contributed by atoms with Gasteiger partial charge in [0.2, 0.25) is 0 Å². The third kappa shape index (κ3) is 5.79. The monoisotopic (exact) mass is 458 g/mol. The van der Waals surface area contributed by atoms with Crippen molar-refractivity contribution in [3.63, 3.8) is 0 Å². The van der Waals surface area contributed by atoms with Crippen molar-refractivity contribution in [1.82, 2.24) is 0 Å². The average molecular weight is 458 g/mol. The molecule has 0 aliphatic heterocycles. The number of aryl methyl sites for hydroxylation is 1. The molecule has 1 amide bonds. The molecular formula is C22H22N2O7S. The highest BCUT2D eigenvalue weighted by Crippen LogP contribution is 2.38. The smallest absolute Gasteiger partial charge is 0.341 e. The summed E-state index contributed by atoms with van der Waals surface area (Å²) in [6.07, 6.45) is 6.17. The van der Waals surface area contributed by atoms with E-state index in [4.69, 9.17) is 9.47 Å². The maximum atomic E-state index is 12.4. The number of thiophene rings is 1. The number of anilines is 1. The third-order valence-corrected chi connectivity index (χ3v) is 5.97. The molecule has 9 nitrogen and oxygen atoms in total. The predicted molar refractivity (Wildman–Crippen MR) is 119 cm³/mol. The number of hydrogen-bond donors (Lipinski definition) is 1. The van der Waals surface area contributed by atoms with Gasteiger partial charge in [0.15, 0.2) is 6.61 Å². The molecule has 10 heteroatoms. The average Bonchev–Trinajstić information content (AvgIpc) is 3.14. The van der Waals surface area contributed by atoms with E-state index in [0.29, 0.717) is 16.1 Å². The minimum Gasteiger partial charge on any atom is -0.462 e. The number of nitro groups is 1. The summed E-state index contributed by atoms with van der Waals surface area (Å²) in [5.41, 5.74) is 1.83. The molecule has 1 aliphatic carbocycles. The zero-order valence-electron chi connectivity index (χ0n) is 17.4. The van der Waals surface area contributed by atoms with Crippen molar-refractivity contribution in [2.45, 2.75) is 32.6 Å². The van der Waals surface area contributed by atoms with Crippen molar-refractivity contribution in [3.8, 4) is 0 Å². The number of rotatable bonds is 8. The summed E-state index contributed by atoms with van der Waals surface area (Å²) < 4.78 is 10.1. The molecule has 0 saturated heterocycles. The van der Waals surface area contributed by atoms with Crippen LogP contribution in [0.5, 0.6) is 0 Å². The molecule has 2 aromatic rings. The molecule has 32 heavy (non-hydrogen) atoms. The molecule has 1 aliphatic rings. The highest BCUT2D eigenvalue weighted by atomic mass is 32.1. The van der Waals surface area contributed by atoms with Gasteiger partial charge in [0.05, 0.1) is 17.1 Å². The summed E-state index contributed by atoms with van der Waals surface area (Å²) in [6, 6.07) is 5.62. The van der Waals surface area contributed by atoms with Gasteiger partial charge in [0.1, 0.15) is 5.00 Å².